The molecule has 1 aromatic carbocycles. The van der Waals surface area contributed by atoms with Gasteiger partial charge in [-0.3, -0.25) is 4.79 Å². The largest absolute Gasteiger partial charge is 0.356 e. The molecule has 3 atom stereocenters. The minimum Gasteiger partial charge on any atom is -0.356 e. The van der Waals surface area contributed by atoms with Gasteiger partial charge in [0.05, 0.1) is 10.3 Å². The van der Waals surface area contributed by atoms with Gasteiger partial charge in [0, 0.05) is 32.0 Å². The van der Waals surface area contributed by atoms with E-state index in [9.17, 15) is 13.2 Å². The van der Waals surface area contributed by atoms with Crippen LogP contribution in [-0.4, -0.2) is 46.3 Å². The molecule has 4 rings (SSSR count). The third-order valence-electron chi connectivity index (χ3n) is 6.59. The van der Waals surface area contributed by atoms with E-state index in [-0.39, 0.29) is 10.0 Å². The molecule has 2 heterocycles. The summed E-state index contributed by atoms with van der Waals surface area (Å²) < 4.78 is 27.8. The average molecular weight is 487 g/mol. The van der Waals surface area contributed by atoms with Crippen molar-refractivity contribution < 1.29 is 13.2 Å². The number of anilines is 1. The topological polar surface area (TPSA) is 85.2 Å². The predicted molar refractivity (Wildman–Crippen MR) is 133 cm³/mol. The summed E-state index contributed by atoms with van der Waals surface area (Å²) in [7, 11) is -1.73. The molecule has 33 heavy (non-hydrogen) atoms. The normalized spacial score (nSPS) is 21.3. The number of carbonyl (C=O) groups is 1. The summed E-state index contributed by atoms with van der Waals surface area (Å²) >= 11 is 1.42. The number of aromatic nitrogens is 3. The molecule has 3 aromatic rings. The van der Waals surface area contributed by atoms with E-state index in [4.69, 9.17) is 0 Å². The average Bonchev–Trinajstić information content (AvgIpc) is 3.23. The highest BCUT2D eigenvalue weighted by Crippen LogP contribution is 2.37. The van der Waals surface area contributed by atoms with Gasteiger partial charge in [-0.25, -0.2) is 22.4 Å². The first kappa shape index (κ1) is 23.8. The molecule has 0 saturated heterocycles. The van der Waals surface area contributed by atoms with Crippen LogP contribution in [0.1, 0.15) is 38.7 Å². The number of nitrogens with zero attached hydrogens (tertiary/aromatic N) is 4. The second-order valence-corrected chi connectivity index (χ2v) is 12.0. The molecular weight excluding hydrogens is 456 g/mol. The van der Waals surface area contributed by atoms with Crippen molar-refractivity contribution in [3.8, 4) is 0 Å². The van der Waals surface area contributed by atoms with Crippen molar-refractivity contribution in [2.24, 2.45) is 11.8 Å². The van der Waals surface area contributed by atoms with Crippen LogP contribution in [0.4, 0.5) is 5.82 Å². The summed E-state index contributed by atoms with van der Waals surface area (Å²) in [4.78, 5) is 22.6. The van der Waals surface area contributed by atoms with E-state index in [1.807, 2.05) is 14.0 Å². The summed E-state index contributed by atoms with van der Waals surface area (Å²) in [6.07, 6.45) is 6.14. The number of rotatable bonds is 6. The molecule has 1 aliphatic carbocycles. The molecule has 0 bridgehead atoms. The van der Waals surface area contributed by atoms with E-state index >= 15 is 0 Å². The van der Waals surface area contributed by atoms with Crippen LogP contribution < -0.4 is 4.90 Å². The van der Waals surface area contributed by atoms with E-state index < -0.39 is 10.0 Å². The van der Waals surface area contributed by atoms with Crippen molar-refractivity contribution in [1.82, 2.24) is 13.9 Å². The van der Waals surface area contributed by atoms with E-state index in [0.29, 0.717) is 23.5 Å². The lowest BCUT2D eigenvalue weighted by molar-refractivity contribution is -0.109. The summed E-state index contributed by atoms with van der Waals surface area (Å²) in [6, 6.07) is 8.90. The van der Waals surface area contributed by atoms with Crippen molar-refractivity contribution in [2.45, 2.75) is 51.0 Å². The van der Waals surface area contributed by atoms with Gasteiger partial charge in [-0.1, -0.05) is 36.4 Å². The highest BCUT2D eigenvalue weighted by Gasteiger charge is 2.32. The molecule has 1 unspecified atom stereocenters. The van der Waals surface area contributed by atoms with Crippen molar-refractivity contribution in [1.29, 1.82) is 0 Å². The van der Waals surface area contributed by atoms with E-state index in [2.05, 4.69) is 21.8 Å². The maximum Gasteiger partial charge on any atom is 0.269 e. The molecule has 1 saturated carbocycles. The van der Waals surface area contributed by atoms with Crippen molar-refractivity contribution in [3.05, 3.63) is 48.4 Å². The van der Waals surface area contributed by atoms with Crippen molar-refractivity contribution in [2.75, 3.05) is 17.7 Å². The van der Waals surface area contributed by atoms with Gasteiger partial charge in [0.1, 0.15) is 12.1 Å². The summed E-state index contributed by atoms with van der Waals surface area (Å²) in [5.41, 5.74) is 1.38. The number of hydrogen-bond acceptors (Lipinski definition) is 7. The Hall–Kier alpha value is -2.39. The van der Waals surface area contributed by atoms with Crippen LogP contribution in [0, 0.1) is 18.8 Å². The Morgan fingerprint density at radius 1 is 1.18 bits per heavy atom. The maximum absolute atomic E-state index is 13.3. The van der Waals surface area contributed by atoms with Gasteiger partial charge in [0.2, 0.25) is 0 Å². The van der Waals surface area contributed by atoms with Crippen LogP contribution in [-0.2, 0) is 14.8 Å². The first-order valence-corrected chi connectivity index (χ1v) is 13.6. The molecule has 0 amide bonds. The molecule has 1 aliphatic rings. The first-order chi connectivity index (χ1) is 15.7. The lowest BCUT2D eigenvalue weighted by Gasteiger charge is -2.40. The summed E-state index contributed by atoms with van der Waals surface area (Å²) in [5.74, 6) is 2.61. The van der Waals surface area contributed by atoms with Crippen LogP contribution >= 0.6 is 11.8 Å². The number of fused-ring (bicyclic) bond motifs is 1. The minimum atomic E-state index is -3.76. The maximum atomic E-state index is 13.3. The standard InChI is InChI=1S/C24H30N4O3S2/c1-16-5-8-20(9-6-16)33(30,31)28-12-11-21-23(25-15-26-24(21)28)27(4)22-10-7-19(13-17(22)2)14-32-18(3)29/h5-6,8-9,11-12,15,17,19,22H,7,10,13-14H2,1-4H3/t17-,19+,22?/m0/s1. The highest BCUT2D eigenvalue weighted by molar-refractivity contribution is 8.13. The van der Waals surface area contributed by atoms with Crippen molar-refractivity contribution >= 4 is 43.8 Å². The Balaban J connectivity index is 1.60. The summed E-state index contributed by atoms with van der Waals surface area (Å²) in [5, 5.41) is 0.896. The van der Waals surface area contributed by atoms with Crippen LogP contribution in [0.15, 0.2) is 47.8 Å². The second-order valence-electron chi connectivity index (χ2n) is 9.00. The lowest BCUT2D eigenvalue weighted by Crippen LogP contribution is -2.41. The number of benzene rings is 1. The zero-order chi connectivity index (χ0) is 23.8. The first-order valence-electron chi connectivity index (χ1n) is 11.2. The Morgan fingerprint density at radius 3 is 2.58 bits per heavy atom. The van der Waals surface area contributed by atoms with Crippen LogP contribution in [0.25, 0.3) is 11.0 Å². The Labute approximate surface area is 199 Å². The Kier molecular flexibility index (Phi) is 6.81. The molecule has 1 fully saturated rings. The Morgan fingerprint density at radius 2 is 1.91 bits per heavy atom. The zero-order valence-electron chi connectivity index (χ0n) is 19.4. The Bertz CT molecular complexity index is 1250. The van der Waals surface area contributed by atoms with Crippen molar-refractivity contribution in [3.63, 3.8) is 0 Å². The van der Waals surface area contributed by atoms with Gasteiger partial charge < -0.3 is 4.90 Å². The number of hydrogen-bond donors (Lipinski definition) is 0. The third-order valence-corrected chi connectivity index (χ3v) is 9.32. The fraction of sp³-hybridized carbons (Fsp3) is 0.458. The number of carbonyl (C=O) groups excluding carboxylic acids is 1. The van der Waals surface area contributed by atoms with Gasteiger partial charge in [0.15, 0.2) is 10.8 Å². The predicted octanol–water partition coefficient (Wildman–Crippen LogP) is 4.50. The smallest absolute Gasteiger partial charge is 0.269 e. The van der Waals surface area contributed by atoms with Gasteiger partial charge in [-0.2, -0.15) is 0 Å². The van der Waals surface area contributed by atoms with E-state index in [1.54, 1.807) is 43.5 Å². The minimum absolute atomic E-state index is 0.176. The second kappa shape index (κ2) is 9.46. The number of thioether (sulfide) groups is 1. The number of aryl methyl sites for hydroxylation is 1. The zero-order valence-corrected chi connectivity index (χ0v) is 21.1. The molecule has 2 aromatic heterocycles. The fourth-order valence-electron chi connectivity index (χ4n) is 4.82. The monoisotopic (exact) mass is 486 g/mol. The quantitative estimate of drug-likeness (QED) is 0.507. The highest BCUT2D eigenvalue weighted by atomic mass is 32.2. The molecule has 0 spiro atoms. The molecule has 0 aliphatic heterocycles. The van der Waals surface area contributed by atoms with Gasteiger partial charge in [0.25, 0.3) is 10.0 Å². The van der Waals surface area contributed by atoms with Crippen LogP contribution in [0.3, 0.4) is 0 Å². The fourth-order valence-corrected chi connectivity index (χ4v) is 6.90. The SMILES string of the molecule is CC(=O)SC[C@@H]1CCC(N(C)c2ncnc3c2ccn3S(=O)(=O)c2ccc(C)cc2)[C@@H](C)C1. The molecular formula is C24H30N4O3S2. The third kappa shape index (κ3) is 4.80. The van der Waals surface area contributed by atoms with E-state index in [0.717, 1.165) is 41.8 Å². The molecule has 7 nitrogen and oxygen atoms in total. The molecule has 9 heteroatoms. The lowest BCUT2D eigenvalue weighted by atomic mass is 9.79. The van der Waals surface area contributed by atoms with Gasteiger partial charge >= 0.3 is 0 Å². The van der Waals surface area contributed by atoms with E-state index in [1.165, 1.54) is 22.1 Å². The summed E-state index contributed by atoms with van der Waals surface area (Å²) in [6.45, 7) is 5.80. The molecule has 176 valence electrons. The molecule has 0 radical (unpaired) electrons. The van der Waals surface area contributed by atoms with Crippen LogP contribution in [0.5, 0.6) is 0 Å². The van der Waals surface area contributed by atoms with Gasteiger partial charge in [-0.05, 0) is 56.2 Å². The van der Waals surface area contributed by atoms with Crippen LogP contribution in [0.2, 0.25) is 0 Å². The molecule has 0 N–H and O–H groups in total. The van der Waals surface area contributed by atoms with Gasteiger partial charge in [-0.15, -0.1) is 0 Å².